The second-order valence-electron chi connectivity index (χ2n) is 6.02. The van der Waals surface area contributed by atoms with Gasteiger partial charge in [0.1, 0.15) is 17.4 Å². The van der Waals surface area contributed by atoms with E-state index in [0.717, 1.165) is 16.5 Å². The standard InChI is InChI=1S/C23H19N3O2/c1-3-12-26-16-18(21-10-5-6-11-22(21)26)13-17(15-24)23(27)25-19-8-7-9-20(14-19)28-4-2/h1,5-11,13-14,16H,4,12H2,2H3,(H,25,27). The van der Waals surface area contributed by atoms with Crippen LogP contribution in [-0.4, -0.2) is 17.1 Å². The Morgan fingerprint density at radius 2 is 2.11 bits per heavy atom. The summed E-state index contributed by atoms with van der Waals surface area (Å²) in [6.07, 6.45) is 8.88. The molecule has 5 nitrogen and oxygen atoms in total. The zero-order valence-corrected chi connectivity index (χ0v) is 15.5. The number of hydrogen-bond donors (Lipinski definition) is 1. The highest BCUT2D eigenvalue weighted by Gasteiger charge is 2.13. The summed E-state index contributed by atoms with van der Waals surface area (Å²) in [6.45, 7) is 2.83. The molecule has 0 aliphatic heterocycles. The van der Waals surface area contributed by atoms with Gasteiger partial charge in [-0.05, 0) is 31.2 Å². The number of aromatic nitrogens is 1. The van der Waals surface area contributed by atoms with Gasteiger partial charge >= 0.3 is 0 Å². The first-order chi connectivity index (χ1) is 13.7. The van der Waals surface area contributed by atoms with Gasteiger partial charge in [-0.2, -0.15) is 5.26 Å². The number of terminal acetylenes is 1. The predicted octanol–water partition coefficient (Wildman–Crippen LogP) is 4.22. The van der Waals surface area contributed by atoms with E-state index in [4.69, 9.17) is 11.2 Å². The van der Waals surface area contributed by atoms with Crippen molar-refractivity contribution < 1.29 is 9.53 Å². The first kappa shape index (κ1) is 18.8. The topological polar surface area (TPSA) is 67.0 Å². The summed E-state index contributed by atoms with van der Waals surface area (Å²) >= 11 is 0. The number of ether oxygens (including phenoxy) is 1. The Morgan fingerprint density at radius 3 is 2.86 bits per heavy atom. The molecule has 1 N–H and O–H groups in total. The number of rotatable bonds is 6. The molecule has 0 unspecified atom stereocenters. The second kappa shape index (κ2) is 8.62. The van der Waals surface area contributed by atoms with Crippen molar-refractivity contribution in [2.45, 2.75) is 13.5 Å². The molecule has 0 saturated carbocycles. The van der Waals surface area contributed by atoms with E-state index < -0.39 is 5.91 Å². The fraction of sp³-hybridized carbons (Fsp3) is 0.130. The van der Waals surface area contributed by atoms with E-state index in [1.165, 1.54) is 0 Å². The summed E-state index contributed by atoms with van der Waals surface area (Å²) in [5.41, 5.74) is 2.28. The number of amides is 1. The van der Waals surface area contributed by atoms with Gasteiger partial charge < -0.3 is 14.6 Å². The summed E-state index contributed by atoms with van der Waals surface area (Å²) in [6, 6.07) is 16.8. The molecule has 1 amide bonds. The number of hydrogen-bond acceptors (Lipinski definition) is 3. The normalized spacial score (nSPS) is 10.9. The molecular weight excluding hydrogens is 350 g/mol. The maximum Gasteiger partial charge on any atom is 0.266 e. The molecule has 0 spiro atoms. The molecule has 1 heterocycles. The number of nitrogens with zero attached hydrogens (tertiary/aromatic N) is 2. The Bertz CT molecular complexity index is 1130. The van der Waals surface area contributed by atoms with Crippen molar-refractivity contribution in [3.05, 3.63) is 65.9 Å². The Kier molecular flexibility index (Phi) is 5.79. The van der Waals surface area contributed by atoms with Crippen LogP contribution in [-0.2, 0) is 11.3 Å². The lowest BCUT2D eigenvalue weighted by Crippen LogP contribution is -2.13. The molecule has 1 aromatic heterocycles. The van der Waals surface area contributed by atoms with Crippen LogP contribution in [0.5, 0.6) is 5.75 Å². The monoisotopic (exact) mass is 369 g/mol. The lowest BCUT2D eigenvalue weighted by Gasteiger charge is -2.07. The number of carbonyl (C=O) groups is 1. The average molecular weight is 369 g/mol. The SMILES string of the molecule is C#CCn1cc(C=C(C#N)C(=O)Nc2cccc(OCC)c2)c2ccccc21. The minimum absolute atomic E-state index is 0.00502. The van der Waals surface area contributed by atoms with Crippen molar-refractivity contribution in [3.63, 3.8) is 0 Å². The predicted molar refractivity (Wildman–Crippen MR) is 111 cm³/mol. The molecule has 3 aromatic rings. The first-order valence-electron chi connectivity index (χ1n) is 8.83. The van der Waals surface area contributed by atoms with Crippen LogP contribution in [0.25, 0.3) is 17.0 Å². The number of nitriles is 1. The highest BCUT2D eigenvalue weighted by atomic mass is 16.5. The molecule has 0 radical (unpaired) electrons. The van der Waals surface area contributed by atoms with Crippen molar-refractivity contribution in [2.75, 3.05) is 11.9 Å². The fourth-order valence-electron chi connectivity index (χ4n) is 2.95. The van der Waals surface area contributed by atoms with Crippen LogP contribution in [0.1, 0.15) is 12.5 Å². The number of para-hydroxylation sites is 1. The van der Waals surface area contributed by atoms with Gasteiger partial charge in [0.2, 0.25) is 0 Å². The highest BCUT2D eigenvalue weighted by molar-refractivity contribution is 6.10. The van der Waals surface area contributed by atoms with E-state index in [2.05, 4.69) is 11.2 Å². The number of nitrogens with one attached hydrogen (secondary N) is 1. The van der Waals surface area contributed by atoms with Gasteiger partial charge in [0.15, 0.2) is 0 Å². The van der Waals surface area contributed by atoms with Gasteiger partial charge in [0.25, 0.3) is 5.91 Å². The van der Waals surface area contributed by atoms with E-state index in [1.54, 1.807) is 30.3 Å². The molecular formula is C23H19N3O2. The van der Waals surface area contributed by atoms with Crippen LogP contribution in [0, 0.1) is 23.7 Å². The highest BCUT2D eigenvalue weighted by Crippen LogP contribution is 2.24. The average Bonchev–Trinajstić information content (AvgIpc) is 3.04. The molecule has 0 aliphatic rings. The molecule has 28 heavy (non-hydrogen) atoms. The third kappa shape index (κ3) is 4.06. The third-order valence-electron chi connectivity index (χ3n) is 4.15. The van der Waals surface area contributed by atoms with E-state index >= 15 is 0 Å². The summed E-state index contributed by atoms with van der Waals surface area (Å²) in [5.74, 6) is 2.79. The molecule has 0 bridgehead atoms. The number of anilines is 1. The fourth-order valence-corrected chi connectivity index (χ4v) is 2.95. The van der Waals surface area contributed by atoms with Crippen molar-refractivity contribution in [2.24, 2.45) is 0 Å². The molecule has 0 saturated heterocycles. The van der Waals surface area contributed by atoms with E-state index in [1.807, 2.05) is 48.0 Å². The summed E-state index contributed by atoms with van der Waals surface area (Å²) < 4.78 is 7.35. The van der Waals surface area contributed by atoms with Crippen LogP contribution < -0.4 is 10.1 Å². The van der Waals surface area contributed by atoms with Crippen molar-refractivity contribution in [1.29, 1.82) is 5.26 Å². The minimum atomic E-state index is -0.482. The van der Waals surface area contributed by atoms with Crippen LogP contribution in [0.2, 0.25) is 0 Å². The minimum Gasteiger partial charge on any atom is -0.494 e. The first-order valence-corrected chi connectivity index (χ1v) is 8.83. The molecule has 0 aliphatic carbocycles. The number of fused-ring (bicyclic) bond motifs is 1. The Hall–Kier alpha value is -3.96. The van der Waals surface area contributed by atoms with Crippen molar-refractivity contribution >= 4 is 28.6 Å². The zero-order chi connectivity index (χ0) is 19.9. The quantitative estimate of drug-likeness (QED) is 0.402. The number of carbonyl (C=O) groups excluding carboxylic acids is 1. The van der Waals surface area contributed by atoms with E-state index in [0.29, 0.717) is 24.6 Å². The van der Waals surface area contributed by atoms with Gasteiger partial charge in [-0.15, -0.1) is 6.42 Å². The van der Waals surface area contributed by atoms with Gasteiger partial charge in [0, 0.05) is 34.4 Å². The lowest BCUT2D eigenvalue weighted by molar-refractivity contribution is -0.112. The Morgan fingerprint density at radius 1 is 1.29 bits per heavy atom. The largest absolute Gasteiger partial charge is 0.494 e. The van der Waals surface area contributed by atoms with Gasteiger partial charge in [-0.25, -0.2) is 0 Å². The molecule has 5 heteroatoms. The third-order valence-corrected chi connectivity index (χ3v) is 4.15. The molecule has 138 valence electrons. The molecule has 0 fully saturated rings. The number of benzene rings is 2. The maximum atomic E-state index is 12.6. The summed E-state index contributed by atoms with van der Waals surface area (Å²) in [4.78, 5) is 12.6. The van der Waals surface area contributed by atoms with Crippen LogP contribution in [0.4, 0.5) is 5.69 Å². The van der Waals surface area contributed by atoms with Crippen LogP contribution >= 0.6 is 0 Å². The maximum absolute atomic E-state index is 12.6. The molecule has 0 atom stereocenters. The zero-order valence-electron chi connectivity index (χ0n) is 15.5. The van der Waals surface area contributed by atoms with Crippen molar-refractivity contribution in [1.82, 2.24) is 4.57 Å². The summed E-state index contributed by atoms with van der Waals surface area (Å²) in [5, 5.41) is 13.2. The second-order valence-corrected chi connectivity index (χ2v) is 6.02. The van der Waals surface area contributed by atoms with E-state index in [9.17, 15) is 10.1 Å². The van der Waals surface area contributed by atoms with E-state index in [-0.39, 0.29) is 5.57 Å². The molecule has 2 aromatic carbocycles. The Labute approximate surface area is 163 Å². The lowest BCUT2D eigenvalue weighted by atomic mass is 10.1. The summed E-state index contributed by atoms with van der Waals surface area (Å²) in [7, 11) is 0. The van der Waals surface area contributed by atoms with Gasteiger partial charge in [-0.3, -0.25) is 4.79 Å². The smallest absolute Gasteiger partial charge is 0.266 e. The molecule has 3 rings (SSSR count). The van der Waals surface area contributed by atoms with Gasteiger partial charge in [-0.1, -0.05) is 30.2 Å². The van der Waals surface area contributed by atoms with Crippen molar-refractivity contribution in [3.8, 4) is 24.2 Å². The van der Waals surface area contributed by atoms with Crippen LogP contribution in [0.15, 0.2) is 60.3 Å². The van der Waals surface area contributed by atoms with Gasteiger partial charge in [0.05, 0.1) is 13.2 Å². The van der Waals surface area contributed by atoms with Crippen LogP contribution in [0.3, 0.4) is 0 Å². The Balaban J connectivity index is 1.91.